The molecule has 0 radical (unpaired) electrons. The van der Waals surface area contributed by atoms with Crippen LogP contribution >= 0.6 is 0 Å². The van der Waals surface area contributed by atoms with Gasteiger partial charge in [0.25, 0.3) is 0 Å². The van der Waals surface area contributed by atoms with Gasteiger partial charge in [0.1, 0.15) is 0 Å². The Hall–Kier alpha value is -0.160. The van der Waals surface area contributed by atoms with Gasteiger partial charge in [0.15, 0.2) is 0 Å². The van der Waals surface area contributed by atoms with E-state index in [9.17, 15) is 0 Å². The number of unbranched alkanes of at least 4 members (excludes halogenated alkanes) is 1. The maximum atomic E-state index is 5.61. The van der Waals surface area contributed by atoms with Gasteiger partial charge in [0, 0.05) is 39.3 Å². The number of rotatable bonds is 10. The lowest BCUT2D eigenvalue weighted by atomic mass is 10.2. The Balaban J connectivity index is 1.96. The number of piperazine rings is 1. The highest BCUT2D eigenvalue weighted by molar-refractivity contribution is 4.71. The van der Waals surface area contributed by atoms with E-state index in [1.807, 2.05) is 0 Å². The predicted molar refractivity (Wildman–Crippen MR) is 84.3 cm³/mol. The molecule has 4 nitrogen and oxygen atoms in total. The summed E-state index contributed by atoms with van der Waals surface area (Å²) in [5.74, 6) is 0. The second kappa shape index (κ2) is 10.6. The van der Waals surface area contributed by atoms with Crippen LogP contribution in [-0.4, -0.2) is 74.5 Å². The Morgan fingerprint density at radius 3 is 1.75 bits per heavy atom. The van der Waals surface area contributed by atoms with Crippen molar-refractivity contribution in [1.82, 2.24) is 9.80 Å². The first-order chi connectivity index (χ1) is 9.58. The van der Waals surface area contributed by atoms with E-state index in [-0.39, 0.29) is 0 Å². The number of ether oxygens (including phenoxy) is 2. The van der Waals surface area contributed by atoms with Crippen LogP contribution in [0, 0.1) is 0 Å². The quantitative estimate of drug-likeness (QED) is 0.575. The molecule has 4 heteroatoms. The lowest BCUT2D eigenvalue weighted by Crippen LogP contribution is -2.47. The van der Waals surface area contributed by atoms with Gasteiger partial charge < -0.3 is 14.4 Å². The number of hydrogen-bond donors (Lipinski definition) is 0. The van der Waals surface area contributed by atoms with E-state index in [2.05, 4.69) is 37.5 Å². The smallest absolute Gasteiger partial charge is 0.0596 e. The van der Waals surface area contributed by atoms with E-state index in [0.29, 0.717) is 12.2 Å². The molecule has 1 aliphatic heterocycles. The summed E-state index contributed by atoms with van der Waals surface area (Å²) in [4.78, 5) is 5.09. The van der Waals surface area contributed by atoms with Gasteiger partial charge in [-0.1, -0.05) is 0 Å². The lowest BCUT2D eigenvalue weighted by molar-refractivity contribution is 0.0432. The molecule has 0 atom stereocenters. The maximum absolute atomic E-state index is 5.61. The topological polar surface area (TPSA) is 24.9 Å². The number of hydrogen-bond acceptors (Lipinski definition) is 4. The molecular weight excluding hydrogens is 252 g/mol. The third-order valence-electron chi connectivity index (χ3n) is 3.64. The van der Waals surface area contributed by atoms with Gasteiger partial charge in [0.2, 0.25) is 0 Å². The highest BCUT2D eigenvalue weighted by Gasteiger charge is 2.15. The summed E-state index contributed by atoms with van der Waals surface area (Å²) in [5.41, 5.74) is 0. The summed E-state index contributed by atoms with van der Waals surface area (Å²) in [6.07, 6.45) is 3.15. The highest BCUT2D eigenvalue weighted by atomic mass is 16.5. The Kier molecular flexibility index (Phi) is 9.44. The first kappa shape index (κ1) is 17.9. The van der Waals surface area contributed by atoms with Crippen molar-refractivity contribution in [3.63, 3.8) is 0 Å². The standard InChI is InChI=1S/C16H34N2O2/c1-15(2)19-13-6-5-7-17-8-10-18(11-9-17)12-14-20-16(3)4/h15-16H,5-14H2,1-4H3. The first-order valence-corrected chi connectivity index (χ1v) is 8.26. The fourth-order valence-electron chi connectivity index (χ4n) is 2.41. The zero-order chi connectivity index (χ0) is 14.8. The van der Waals surface area contributed by atoms with Crippen LogP contribution in [0.15, 0.2) is 0 Å². The minimum absolute atomic E-state index is 0.351. The molecule has 0 bridgehead atoms. The molecule has 20 heavy (non-hydrogen) atoms. The van der Waals surface area contributed by atoms with Crippen molar-refractivity contribution in [2.75, 3.05) is 52.5 Å². The molecule has 1 rings (SSSR count). The van der Waals surface area contributed by atoms with Crippen LogP contribution in [0.4, 0.5) is 0 Å². The van der Waals surface area contributed by atoms with E-state index < -0.39 is 0 Å². The Labute approximate surface area is 125 Å². The second-order valence-corrected chi connectivity index (χ2v) is 6.23. The zero-order valence-corrected chi connectivity index (χ0v) is 13.9. The minimum atomic E-state index is 0.351. The molecule has 0 N–H and O–H groups in total. The SMILES string of the molecule is CC(C)OCCCCN1CCN(CCOC(C)C)CC1. The van der Waals surface area contributed by atoms with Crippen molar-refractivity contribution < 1.29 is 9.47 Å². The van der Waals surface area contributed by atoms with Crippen molar-refractivity contribution in [2.24, 2.45) is 0 Å². The van der Waals surface area contributed by atoms with E-state index in [4.69, 9.17) is 9.47 Å². The average Bonchev–Trinajstić information content (AvgIpc) is 2.39. The van der Waals surface area contributed by atoms with Crippen LogP contribution in [0.2, 0.25) is 0 Å². The Bertz CT molecular complexity index is 227. The van der Waals surface area contributed by atoms with Crippen LogP contribution in [0.3, 0.4) is 0 Å². The Morgan fingerprint density at radius 1 is 0.700 bits per heavy atom. The molecule has 1 heterocycles. The predicted octanol–water partition coefficient (Wildman–Crippen LogP) is 2.23. The fraction of sp³-hybridized carbons (Fsp3) is 1.00. The zero-order valence-electron chi connectivity index (χ0n) is 13.9. The molecule has 0 aromatic heterocycles. The van der Waals surface area contributed by atoms with Gasteiger partial charge in [-0.2, -0.15) is 0 Å². The number of nitrogens with zero attached hydrogens (tertiary/aromatic N) is 2. The van der Waals surface area contributed by atoms with Crippen molar-refractivity contribution in [3.05, 3.63) is 0 Å². The molecule has 1 aliphatic rings. The van der Waals surface area contributed by atoms with E-state index in [1.54, 1.807) is 0 Å². The third-order valence-corrected chi connectivity index (χ3v) is 3.64. The second-order valence-electron chi connectivity index (χ2n) is 6.23. The van der Waals surface area contributed by atoms with Gasteiger partial charge >= 0.3 is 0 Å². The molecular formula is C16H34N2O2. The molecule has 1 fully saturated rings. The van der Waals surface area contributed by atoms with Gasteiger partial charge in [-0.15, -0.1) is 0 Å². The lowest BCUT2D eigenvalue weighted by Gasteiger charge is -2.34. The first-order valence-electron chi connectivity index (χ1n) is 8.26. The van der Waals surface area contributed by atoms with Crippen LogP contribution in [0.25, 0.3) is 0 Å². The molecule has 1 saturated heterocycles. The highest BCUT2D eigenvalue weighted by Crippen LogP contribution is 2.04. The molecule has 0 saturated carbocycles. The van der Waals surface area contributed by atoms with Gasteiger partial charge in [-0.05, 0) is 47.1 Å². The summed E-state index contributed by atoms with van der Waals surface area (Å²) >= 11 is 0. The molecule has 0 amide bonds. The van der Waals surface area contributed by atoms with Crippen molar-refractivity contribution in [1.29, 1.82) is 0 Å². The molecule has 0 aliphatic carbocycles. The summed E-state index contributed by atoms with van der Waals surface area (Å²) in [6.45, 7) is 17.2. The molecule has 0 aromatic carbocycles. The summed E-state index contributed by atoms with van der Waals surface area (Å²) < 4.78 is 11.2. The summed E-state index contributed by atoms with van der Waals surface area (Å²) in [6, 6.07) is 0. The monoisotopic (exact) mass is 286 g/mol. The van der Waals surface area contributed by atoms with Gasteiger partial charge in [-0.3, -0.25) is 4.90 Å². The summed E-state index contributed by atoms with van der Waals surface area (Å²) in [5, 5.41) is 0. The van der Waals surface area contributed by atoms with Gasteiger partial charge in [-0.25, -0.2) is 0 Å². The minimum Gasteiger partial charge on any atom is -0.379 e. The van der Waals surface area contributed by atoms with Crippen molar-refractivity contribution in [3.8, 4) is 0 Å². The Morgan fingerprint density at radius 2 is 1.20 bits per heavy atom. The molecule has 0 aromatic rings. The van der Waals surface area contributed by atoms with Crippen LogP contribution in [-0.2, 0) is 9.47 Å². The largest absolute Gasteiger partial charge is 0.379 e. The van der Waals surface area contributed by atoms with Crippen LogP contribution in [0.1, 0.15) is 40.5 Å². The van der Waals surface area contributed by atoms with Crippen molar-refractivity contribution in [2.45, 2.75) is 52.7 Å². The van der Waals surface area contributed by atoms with Gasteiger partial charge in [0.05, 0.1) is 18.8 Å². The molecule has 120 valence electrons. The molecule has 0 spiro atoms. The summed E-state index contributed by atoms with van der Waals surface area (Å²) in [7, 11) is 0. The van der Waals surface area contributed by atoms with E-state index in [0.717, 1.165) is 19.8 Å². The van der Waals surface area contributed by atoms with E-state index in [1.165, 1.54) is 45.6 Å². The molecule has 0 unspecified atom stereocenters. The average molecular weight is 286 g/mol. The fourth-order valence-corrected chi connectivity index (χ4v) is 2.41. The van der Waals surface area contributed by atoms with Crippen molar-refractivity contribution >= 4 is 0 Å². The van der Waals surface area contributed by atoms with Crippen LogP contribution in [0.5, 0.6) is 0 Å². The normalized spacial score (nSPS) is 18.3. The van der Waals surface area contributed by atoms with Crippen LogP contribution < -0.4 is 0 Å². The van der Waals surface area contributed by atoms with E-state index >= 15 is 0 Å². The maximum Gasteiger partial charge on any atom is 0.0596 e. The third kappa shape index (κ3) is 8.90.